The standard InChI is InChI=1S/C24H31N3O3S/c1-18-21(14-22(25(18)2)19-8-4-3-5-9-19)23(28)27-16-24(17-27)20(10-13-31(24,29)30)15-26-11-6-7-12-26/h3-5,8-9,14,20H,6-7,10-13,15-17H2,1-2H3. The second kappa shape index (κ2) is 7.48. The van der Waals surface area contributed by atoms with Crippen LogP contribution in [0.25, 0.3) is 11.3 Å². The van der Waals surface area contributed by atoms with Gasteiger partial charge in [-0.2, -0.15) is 0 Å². The van der Waals surface area contributed by atoms with E-state index in [1.807, 2.05) is 54.9 Å². The van der Waals surface area contributed by atoms with E-state index in [9.17, 15) is 13.2 Å². The van der Waals surface area contributed by atoms with E-state index in [0.717, 1.165) is 43.0 Å². The molecule has 3 saturated heterocycles. The molecule has 0 bridgehead atoms. The van der Waals surface area contributed by atoms with Crippen molar-refractivity contribution in [3.05, 3.63) is 47.7 Å². The van der Waals surface area contributed by atoms with Crippen molar-refractivity contribution in [2.75, 3.05) is 38.5 Å². The quantitative estimate of drug-likeness (QED) is 0.732. The molecule has 2 aromatic rings. The molecule has 6 nitrogen and oxygen atoms in total. The van der Waals surface area contributed by atoms with Crippen LogP contribution in [0.15, 0.2) is 36.4 Å². The molecule has 0 radical (unpaired) electrons. The summed E-state index contributed by atoms with van der Waals surface area (Å²) < 4.78 is 27.3. The minimum absolute atomic E-state index is 0.0528. The molecule has 0 saturated carbocycles. The van der Waals surface area contributed by atoms with Gasteiger partial charge in [0.05, 0.1) is 11.3 Å². The van der Waals surface area contributed by atoms with Gasteiger partial charge < -0.3 is 14.4 Å². The van der Waals surface area contributed by atoms with Gasteiger partial charge in [-0.05, 0) is 56.8 Å². The summed E-state index contributed by atoms with van der Waals surface area (Å²) in [5.41, 5.74) is 3.64. The smallest absolute Gasteiger partial charge is 0.255 e. The summed E-state index contributed by atoms with van der Waals surface area (Å²) in [6, 6.07) is 12.0. The molecule has 1 unspecified atom stereocenters. The van der Waals surface area contributed by atoms with Crippen LogP contribution in [0, 0.1) is 12.8 Å². The SMILES string of the molecule is Cc1c(C(=O)N2CC3(C2)C(CN2CCCC2)CCS3(=O)=O)cc(-c2ccccc2)n1C. The lowest BCUT2D eigenvalue weighted by Gasteiger charge is -2.50. The van der Waals surface area contributed by atoms with Crippen molar-refractivity contribution < 1.29 is 13.2 Å². The third-order valence-electron chi connectivity index (χ3n) is 7.82. The molecule has 3 aliphatic heterocycles. The molecule has 1 spiro atoms. The maximum absolute atomic E-state index is 13.4. The second-order valence-electron chi connectivity index (χ2n) is 9.49. The van der Waals surface area contributed by atoms with Gasteiger partial charge in [0.15, 0.2) is 9.84 Å². The highest BCUT2D eigenvalue weighted by molar-refractivity contribution is 7.93. The molecule has 166 valence electrons. The lowest BCUT2D eigenvalue weighted by molar-refractivity contribution is 0.0432. The van der Waals surface area contributed by atoms with Crippen LogP contribution >= 0.6 is 0 Å². The van der Waals surface area contributed by atoms with E-state index < -0.39 is 14.6 Å². The number of amides is 1. The molecule has 1 amide bonds. The van der Waals surface area contributed by atoms with Crippen molar-refractivity contribution in [1.82, 2.24) is 14.4 Å². The summed E-state index contributed by atoms with van der Waals surface area (Å²) in [6.07, 6.45) is 3.13. The third kappa shape index (κ3) is 3.24. The molecule has 5 rings (SSSR count). The molecule has 31 heavy (non-hydrogen) atoms. The zero-order valence-electron chi connectivity index (χ0n) is 18.4. The Bertz CT molecular complexity index is 1090. The van der Waals surface area contributed by atoms with Crippen molar-refractivity contribution in [3.8, 4) is 11.3 Å². The molecule has 1 atom stereocenters. The predicted octanol–water partition coefficient (Wildman–Crippen LogP) is 2.73. The molecular weight excluding hydrogens is 410 g/mol. The highest BCUT2D eigenvalue weighted by Crippen LogP contribution is 2.46. The van der Waals surface area contributed by atoms with Crippen LogP contribution in [0.5, 0.6) is 0 Å². The van der Waals surface area contributed by atoms with E-state index in [1.165, 1.54) is 12.8 Å². The number of nitrogens with zero attached hydrogens (tertiary/aromatic N) is 3. The summed E-state index contributed by atoms with van der Waals surface area (Å²) in [4.78, 5) is 17.5. The fourth-order valence-corrected chi connectivity index (χ4v) is 8.13. The van der Waals surface area contributed by atoms with Gasteiger partial charge in [0.25, 0.3) is 5.91 Å². The van der Waals surface area contributed by atoms with Crippen LogP contribution in [-0.2, 0) is 16.9 Å². The fourth-order valence-electron chi connectivity index (χ4n) is 5.72. The minimum Gasteiger partial charge on any atom is -0.347 e. The van der Waals surface area contributed by atoms with Crippen molar-refractivity contribution in [2.45, 2.75) is 30.9 Å². The van der Waals surface area contributed by atoms with E-state index in [0.29, 0.717) is 18.7 Å². The minimum atomic E-state index is -3.17. The van der Waals surface area contributed by atoms with E-state index in [2.05, 4.69) is 4.90 Å². The molecule has 1 aromatic heterocycles. The van der Waals surface area contributed by atoms with Crippen LogP contribution in [0.1, 0.15) is 35.3 Å². The molecule has 1 aromatic carbocycles. The lowest BCUT2D eigenvalue weighted by Crippen LogP contribution is -2.69. The van der Waals surface area contributed by atoms with Crippen LogP contribution in [0.2, 0.25) is 0 Å². The average Bonchev–Trinajstić information content (AvgIpc) is 3.40. The van der Waals surface area contributed by atoms with Gasteiger partial charge in [0.1, 0.15) is 4.75 Å². The summed E-state index contributed by atoms with van der Waals surface area (Å²) in [5, 5.41) is 0. The number of sulfone groups is 1. The fraction of sp³-hybridized carbons (Fsp3) is 0.542. The van der Waals surface area contributed by atoms with Gasteiger partial charge in [-0.15, -0.1) is 0 Å². The van der Waals surface area contributed by atoms with E-state index in [-0.39, 0.29) is 17.6 Å². The number of likely N-dealkylation sites (tertiary alicyclic amines) is 2. The summed E-state index contributed by atoms with van der Waals surface area (Å²) in [5.74, 6) is 0.343. The summed E-state index contributed by atoms with van der Waals surface area (Å²) in [7, 11) is -1.20. The van der Waals surface area contributed by atoms with E-state index in [1.54, 1.807) is 4.90 Å². The highest BCUT2D eigenvalue weighted by Gasteiger charge is 2.62. The lowest BCUT2D eigenvalue weighted by atomic mass is 9.82. The van der Waals surface area contributed by atoms with Crippen molar-refractivity contribution in [3.63, 3.8) is 0 Å². The number of aromatic nitrogens is 1. The summed E-state index contributed by atoms with van der Waals surface area (Å²) >= 11 is 0. The zero-order chi connectivity index (χ0) is 21.8. The Kier molecular flexibility index (Phi) is 5.01. The first-order chi connectivity index (χ1) is 14.8. The van der Waals surface area contributed by atoms with E-state index in [4.69, 9.17) is 0 Å². The molecule has 3 fully saturated rings. The molecular formula is C24H31N3O3S. The van der Waals surface area contributed by atoms with Gasteiger partial charge in [0, 0.05) is 38.1 Å². The van der Waals surface area contributed by atoms with Crippen LogP contribution in [-0.4, -0.2) is 71.9 Å². The second-order valence-corrected chi connectivity index (χ2v) is 11.9. The van der Waals surface area contributed by atoms with Gasteiger partial charge in [-0.1, -0.05) is 30.3 Å². The van der Waals surface area contributed by atoms with Gasteiger partial charge >= 0.3 is 0 Å². The van der Waals surface area contributed by atoms with Crippen LogP contribution in [0.3, 0.4) is 0 Å². The zero-order valence-corrected chi connectivity index (χ0v) is 19.2. The predicted molar refractivity (Wildman–Crippen MR) is 122 cm³/mol. The van der Waals surface area contributed by atoms with Gasteiger partial charge in [0.2, 0.25) is 0 Å². The Morgan fingerprint density at radius 1 is 1.13 bits per heavy atom. The number of hydrogen-bond acceptors (Lipinski definition) is 4. The Hall–Kier alpha value is -2.12. The number of carbonyl (C=O) groups excluding carboxylic acids is 1. The molecule has 7 heteroatoms. The molecule has 0 N–H and O–H groups in total. The maximum atomic E-state index is 13.4. The number of benzene rings is 1. The molecule has 0 aliphatic carbocycles. The number of carbonyl (C=O) groups is 1. The first kappa shape index (κ1) is 20.8. The van der Waals surface area contributed by atoms with Crippen molar-refractivity contribution in [1.29, 1.82) is 0 Å². The largest absolute Gasteiger partial charge is 0.347 e. The number of rotatable bonds is 4. The Balaban J connectivity index is 1.37. The van der Waals surface area contributed by atoms with Crippen molar-refractivity contribution >= 4 is 15.7 Å². The molecule has 3 aliphatic rings. The van der Waals surface area contributed by atoms with Crippen LogP contribution in [0.4, 0.5) is 0 Å². The first-order valence-electron chi connectivity index (χ1n) is 11.3. The molecule has 4 heterocycles. The Labute approximate surface area is 184 Å². The number of hydrogen-bond donors (Lipinski definition) is 0. The van der Waals surface area contributed by atoms with Gasteiger partial charge in [-0.3, -0.25) is 4.79 Å². The topological polar surface area (TPSA) is 62.6 Å². The average molecular weight is 442 g/mol. The monoisotopic (exact) mass is 441 g/mol. The normalized spacial score (nSPS) is 24.6. The Morgan fingerprint density at radius 2 is 1.81 bits per heavy atom. The first-order valence-corrected chi connectivity index (χ1v) is 12.9. The maximum Gasteiger partial charge on any atom is 0.255 e. The van der Waals surface area contributed by atoms with Crippen LogP contribution < -0.4 is 0 Å². The van der Waals surface area contributed by atoms with E-state index >= 15 is 0 Å². The third-order valence-corrected chi connectivity index (χ3v) is 10.4. The highest BCUT2D eigenvalue weighted by atomic mass is 32.2. The Morgan fingerprint density at radius 3 is 2.48 bits per heavy atom. The van der Waals surface area contributed by atoms with Gasteiger partial charge in [-0.25, -0.2) is 8.42 Å². The summed E-state index contributed by atoms with van der Waals surface area (Å²) in [6.45, 7) is 5.62. The van der Waals surface area contributed by atoms with Crippen molar-refractivity contribution in [2.24, 2.45) is 13.0 Å².